The second-order valence-electron chi connectivity index (χ2n) is 6.09. The largest absolute Gasteiger partial charge is 0.334 e. The number of thiazole rings is 1. The summed E-state index contributed by atoms with van der Waals surface area (Å²) in [7, 11) is 0. The maximum atomic E-state index is 12.8. The lowest BCUT2D eigenvalue weighted by Gasteiger charge is -2.27. The van der Waals surface area contributed by atoms with Gasteiger partial charge >= 0.3 is 0 Å². The molecular weight excluding hydrogens is 351 g/mol. The van der Waals surface area contributed by atoms with Crippen LogP contribution < -0.4 is 0 Å². The van der Waals surface area contributed by atoms with E-state index in [9.17, 15) is 4.79 Å². The highest BCUT2D eigenvalue weighted by Gasteiger charge is 2.32. The normalized spacial score (nSPS) is 18.0. The van der Waals surface area contributed by atoms with Gasteiger partial charge in [-0.1, -0.05) is 49.2 Å². The Bertz CT molecular complexity index is 729. The van der Waals surface area contributed by atoms with Crippen LogP contribution in [0, 0.1) is 5.92 Å². The molecule has 1 aliphatic heterocycles. The summed E-state index contributed by atoms with van der Waals surface area (Å²) in [6.45, 7) is 5.13. The molecule has 0 bridgehead atoms. The first-order valence-electron chi connectivity index (χ1n) is 7.70. The molecule has 1 atom stereocenters. The fraction of sp³-hybridized carbons (Fsp3) is 0.412. The third kappa shape index (κ3) is 3.25. The highest BCUT2D eigenvalue weighted by atomic mass is 35.5. The van der Waals surface area contributed by atoms with Crippen LogP contribution in [0.2, 0.25) is 10.0 Å². The van der Waals surface area contributed by atoms with Crippen molar-refractivity contribution < 1.29 is 4.79 Å². The fourth-order valence-corrected chi connectivity index (χ4v) is 4.32. The predicted molar refractivity (Wildman–Crippen MR) is 96.5 cm³/mol. The Labute approximate surface area is 150 Å². The molecule has 0 aliphatic carbocycles. The number of nitrogens with zero attached hydrogens (tertiary/aromatic N) is 2. The van der Waals surface area contributed by atoms with Gasteiger partial charge in [0.15, 0.2) is 0 Å². The first-order valence-corrected chi connectivity index (χ1v) is 9.33. The first kappa shape index (κ1) is 16.7. The minimum absolute atomic E-state index is 0.0156. The molecule has 1 aliphatic rings. The van der Waals surface area contributed by atoms with Gasteiger partial charge in [0, 0.05) is 23.5 Å². The fourth-order valence-electron chi connectivity index (χ4n) is 3.05. The van der Waals surface area contributed by atoms with Crippen molar-refractivity contribution in [2.75, 3.05) is 6.54 Å². The molecule has 2 aromatic rings. The quantitative estimate of drug-likeness (QED) is 0.728. The van der Waals surface area contributed by atoms with E-state index in [1.807, 2.05) is 22.4 Å². The van der Waals surface area contributed by atoms with E-state index >= 15 is 0 Å². The van der Waals surface area contributed by atoms with Gasteiger partial charge in [-0.3, -0.25) is 4.79 Å². The number of rotatable bonds is 3. The van der Waals surface area contributed by atoms with E-state index in [0.717, 1.165) is 30.0 Å². The Kier molecular flexibility index (Phi) is 4.95. The van der Waals surface area contributed by atoms with E-state index in [-0.39, 0.29) is 5.91 Å². The molecule has 6 heteroatoms. The van der Waals surface area contributed by atoms with Crippen LogP contribution in [0.3, 0.4) is 0 Å². The molecule has 2 heterocycles. The van der Waals surface area contributed by atoms with Crippen LogP contribution in [-0.4, -0.2) is 28.4 Å². The van der Waals surface area contributed by atoms with Crippen molar-refractivity contribution in [3.63, 3.8) is 0 Å². The molecule has 1 unspecified atom stereocenters. The van der Waals surface area contributed by atoms with Crippen LogP contribution in [0.25, 0.3) is 10.6 Å². The number of halogens is 2. The number of carbonyl (C=O) groups excluding carboxylic acids is 1. The minimum atomic E-state index is 0.0156. The summed E-state index contributed by atoms with van der Waals surface area (Å²) in [4.78, 5) is 19.2. The zero-order valence-corrected chi connectivity index (χ0v) is 15.4. The number of hydrogen-bond acceptors (Lipinski definition) is 3. The standard InChI is InChI=1S/C17H18Cl2N2OS/c1-10(2)14-7-4-8-21(14)17(22)13-9-23-16(20-13)11-5-3-6-12(18)15(11)19/h3,5-6,9-10,14H,4,7-8H2,1-2H3. The maximum absolute atomic E-state index is 12.8. The summed E-state index contributed by atoms with van der Waals surface area (Å²) in [6.07, 6.45) is 2.13. The van der Waals surface area contributed by atoms with Gasteiger partial charge in [0.1, 0.15) is 10.7 Å². The van der Waals surface area contributed by atoms with Gasteiger partial charge in [-0.05, 0) is 24.8 Å². The van der Waals surface area contributed by atoms with E-state index in [2.05, 4.69) is 18.8 Å². The van der Waals surface area contributed by atoms with E-state index in [0.29, 0.717) is 27.7 Å². The smallest absolute Gasteiger partial charge is 0.273 e. The minimum Gasteiger partial charge on any atom is -0.334 e. The molecule has 0 saturated carbocycles. The van der Waals surface area contributed by atoms with Crippen LogP contribution in [0.1, 0.15) is 37.2 Å². The van der Waals surface area contributed by atoms with Crippen molar-refractivity contribution in [1.82, 2.24) is 9.88 Å². The Hall–Kier alpha value is -1.10. The number of likely N-dealkylation sites (tertiary alicyclic amines) is 1. The molecule has 23 heavy (non-hydrogen) atoms. The molecule has 1 amide bonds. The molecule has 3 nitrogen and oxygen atoms in total. The van der Waals surface area contributed by atoms with Gasteiger partial charge in [-0.25, -0.2) is 4.98 Å². The molecule has 122 valence electrons. The number of amides is 1. The lowest BCUT2D eigenvalue weighted by molar-refractivity contribution is 0.0696. The van der Waals surface area contributed by atoms with Gasteiger partial charge in [-0.15, -0.1) is 11.3 Å². The van der Waals surface area contributed by atoms with Crippen molar-refractivity contribution in [3.05, 3.63) is 39.3 Å². The van der Waals surface area contributed by atoms with Crippen molar-refractivity contribution in [2.45, 2.75) is 32.7 Å². The van der Waals surface area contributed by atoms with Gasteiger partial charge in [0.2, 0.25) is 0 Å². The molecule has 1 aromatic heterocycles. The van der Waals surface area contributed by atoms with Gasteiger partial charge in [-0.2, -0.15) is 0 Å². The number of carbonyl (C=O) groups is 1. The summed E-state index contributed by atoms with van der Waals surface area (Å²) in [5.74, 6) is 0.476. The van der Waals surface area contributed by atoms with E-state index < -0.39 is 0 Å². The average Bonchev–Trinajstić information content (AvgIpc) is 3.18. The van der Waals surface area contributed by atoms with Crippen molar-refractivity contribution in [2.24, 2.45) is 5.92 Å². The second-order valence-corrected chi connectivity index (χ2v) is 7.73. The lowest BCUT2D eigenvalue weighted by atomic mass is 10.0. The lowest BCUT2D eigenvalue weighted by Crippen LogP contribution is -2.38. The van der Waals surface area contributed by atoms with Crippen LogP contribution in [-0.2, 0) is 0 Å². The number of benzene rings is 1. The Morgan fingerprint density at radius 2 is 2.17 bits per heavy atom. The molecular formula is C17H18Cl2N2OS. The summed E-state index contributed by atoms with van der Waals surface area (Å²) >= 11 is 13.7. The summed E-state index contributed by atoms with van der Waals surface area (Å²) in [5.41, 5.74) is 1.26. The Morgan fingerprint density at radius 1 is 1.39 bits per heavy atom. The predicted octanol–water partition coefficient (Wildman–Crippen LogP) is 5.38. The van der Waals surface area contributed by atoms with Gasteiger partial charge in [0.05, 0.1) is 10.0 Å². The second kappa shape index (κ2) is 6.80. The molecule has 0 N–H and O–H groups in total. The van der Waals surface area contributed by atoms with Crippen LogP contribution in [0.15, 0.2) is 23.6 Å². The highest BCUT2D eigenvalue weighted by molar-refractivity contribution is 7.13. The third-order valence-electron chi connectivity index (χ3n) is 4.23. The van der Waals surface area contributed by atoms with E-state index in [1.165, 1.54) is 11.3 Å². The topological polar surface area (TPSA) is 33.2 Å². The molecule has 0 spiro atoms. The van der Waals surface area contributed by atoms with Crippen LogP contribution >= 0.6 is 34.5 Å². The van der Waals surface area contributed by atoms with Crippen molar-refractivity contribution >= 4 is 40.4 Å². The first-order chi connectivity index (χ1) is 11.0. The average molecular weight is 369 g/mol. The van der Waals surface area contributed by atoms with E-state index in [1.54, 1.807) is 6.07 Å². The summed E-state index contributed by atoms with van der Waals surface area (Å²) < 4.78 is 0. The van der Waals surface area contributed by atoms with Gasteiger partial charge < -0.3 is 4.90 Å². The molecule has 1 saturated heterocycles. The third-order valence-corrected chi connectivity index (χ3v) is 5.93. The Balaban J connectivity index is 1.87. The molecule has 0 radical (unpaired) electrons. The monoisotopic (exact) mass is 368 g/mol. The summed E-state index contributed by atoms with van der Waals surface area (Å²) in [5, 5.41) is 3.50. The summed E-state index contributed by atoms with van der Waals surface area (Å²) in [6, 6.07) is 5.75. The zero-order chi connectivity index (χ0) is 16.6. The number of hydrogen-bond donors (Lipinski definition) is 0. The SMILES string of the molecule is CC(C)C1CCCN1C(=O)c1csc(-c2cccc(Cl)c2Cl)n1. The van der Waals surface area contributed by atoms with Crippen molar-refractivity contribution in [3.8, 4) is 10.6 Å². The van der Waals surface area contributed by atoms with Crippen LogP contribution in [0.5, 0.6) is 0 Å². The van der Waals surface area contributed by atoms with Crippen LogP contribution in [0.4, 0.5) is 0 Å². The highest BCUT2D eigenvalue weighted by Crippen LogP contribution is 2.35. The maximum Gasteiger partial charge on any atom is 0.273 e. The molecule has 3 rings (SSSR count). The van der Waals surface area contributed by atoms with E-state index in [4.69, 9.17) is 23.2 Å². The molecule has 1 fully saturated rings. The number of aromatic nitrogens is 1. The molecule has 1 aromatic carbocycles. The van der Waals surface area contributed by atoms with Gasteiger partial charge in [0.25, 0.3) is 5.91 Å². The zero-order valence-electron chi connectivity index (χ0n) is 13.1. The Morgan fingerprint density at radius 3 is 2.91 bits per heavy atom. The van der Waals surface area contributed by atoms with Crippen molar-refractivity contribution in [1.29, 1.82) is 0 Å².